The van der Waals surface area contributed by atoms with Crippen molar-refractivity contribution >= 4 is 23.6 Å². The zero-order valence-corrected chi connectivity index (χ0v) is 11.2. The number of carboxylic acids is 1. The number of aliphatic carboxylic acids is 1. The predicted molar refractivity (Wildman–Crippen MR) is 69.5 cm³/mol. The summed E-state index contributed by atoms with van der Waals surface area (Å²) < 4.78 is 5.42. The molecule has 0 bridgehead atoms. The van der Waals surface area contributed by atoms with Crippen LogP contribution in [0.2, 0.25) is 0 Å². The summed E-state index contributed by atoms with van der Waals surface area (Å²) in [6.45, 7) is 0.388. The molecule has 4 N–H and O–H groups in total. The number of nitrogens with one attached hydrogen (secondary N) is 1. The highest BCUT2D eigenvalue weighted by molar-refractivity contribution is 7.98. The molecule has 1 aliphatic heterocycles. The highest BCUT2D eigenvalue weighted by atomic mass is 32.2. The van der Waals surface area contributed by atoms with E-state index in [1.54, 1.807) is 11.8 Å². The Morgan fingerprint density at radius 3 is 2.78 bits per heavy atom. The van der Waals surface area contributed by atoms with Crippen LogP contribution in [0, 0.1) is 0 Å². The summed E-state index contributed by atoms with van der Waals surface area (Å²) in [7, 11) is 0. The van der Waals surface area contributed by atoms with E-state index in [2.05, 4.69) is 5.32 Å². The van der Waals surface area contributed by atoms with Crippen molar-refractivity contribution < 1.29 is 19.4 Å². The number of thioether (sulfide) groups is 1. The van der Waals surface area contributed by atoms with Crippen LogP contribution in [0.15, 0.2) is 0 Å². The molecule has 104 valence electrons. The third-order valence-corrected chi connectivity index (χ3v) is 3.53. The van der Waals surface area contributed by atoms with Gasteiger partial charge in [-0.2, -0.15) is 11.8 Å². The second kappa shape index (κ2) is 7.60. The maximum atomic E-state index is 11.8. The molecule has 0 spiro atoms. The Hall–Kier alpha value is -0.790. The first kappa shape index (κ1) is 15.3. The predicted octanol–water partition coefficient (Wildman–Crippen LogP) is -0.185. The van der Waals surface area contributed by atoms with E-state index in [-0.39, 0.29) is 12.0 Å². The van der Waals surface area contributed by atoms with Gasteiger partial charge in [-0.1, -0.05) is 0 Å². The Bertz CT molecular complexity index is 301. The topological polar surface area (TPSA) is 102 Å². The van der Waals surface area contributed by atoms with Crippen molar-refractivity contribution in [3.05, 3.63) is 0 Å². The van der Waals surface area contributed by atoms with Crippen LogP contribution >= 0.6 is 11.8 Å². The Morgan fingerprint density at radius 2 is 2.28 bits per heavy atom. The Labute approximate surface area is 111 Å². The lowest BCUT2D eigenvalue weighted by atomic mass is 10.1. The molecular weight excluding hydrogens is 256 g/mol. The van der Waals surface area contributed by atoms with Crippen LogP contribution in [0.3, 0.4) is 0 Å². The summed E-state index contributed by atoms with van der Waals surface area (Å²) in [4.78, 5) is 22.8. The fourth-order valence-electron chi connectivity index (χ4n) is 1.83. The number of ether oxygens (including phenoxy) is 1. The van der Waals surface area contributed by atoms with Crippen molar-refractivity contribution in [3.63, 3.8) is 0 Å². The number of hydrogen-bond acceptors (Lipinski definition) is 5. The van der Waals surface area contributed by atoms with Crippen LogP contribution < -0.4 is 11.1 Å². The van der Waals surface area contributed by atoms with Gasteiger partial charge in [0.1, 0.15) is 12.1 Å². The summed E-state index contributed by atoms with van der Waals surface area (Å²) >= 11 is 1.55. The molecule has 6 nitrogen and oxygen atoms in total. The molecule has 1 heterocycles. The average Bonchev–Trinajstić information content (AvgIpc) is 2.82. The van der Waals surface area contributed by atoms with E-state index in [9.17, 15) is 9.59 Å². The van der Waals surface area contributed by atoms with Gasteiger partial charge in [-0.3, -0.25) is 4.79 Å². The minimum Gasteiger partial charge on any atom is -0.480 e. The lowest BCUT2D eigenvalue weighted by Gasteiger charge is -2.17. The van der Waals surface area contributed by atoms with Crippen molar-refractivity contribution in [1.29, 1.82) is 0 Å². The zero-order valence-electron chi connectivity index (χ0n) is 10.4. The van der Waals surface area contributed by atoms with E-state index < -0.39 is 18.1 Å². The van der Waals surface area contributed by atoms with Gasteiger partial charge in [0.2, 0.25) is 5.91 Å². The van der Waals surface area contributed by atoms with Crippen molar-refractivity contribution in [1.82, 2.24) is 5.32 Å². The van der Waals surface area contributed by atoms with Crippen LogP contribution in [0.1, 0.15) is 19.3 Å². The summed E-state index contributed by atoms with van der Waals surface area (Å²) in [5.74, 6) is -0.668. The molecule has 2 unspecified atom stereocenters. The van der Waals surface area contributed by atoms with Crippen LogP contribution in [0.25, 0.3) is 0 Å². The molecule has 1 aliphatic rings. The summed E-state index contributed by atoms with van der Waals surface area (Å²) in [5, 5.41) is 11.5. The average molecular weight is 276 g/mol. The van der Waals surface area contributed by atoms with E-state index in [4.69, 9.17) is 15.6 Å². The number of amides is 1. The van der Waals surface area contributed by atoms with Gasteiger partial charge < -0.3 is 20.9 Å². The van der Waals surface area contributed by atoms with E-state index in [0.717, 1.165) is 6.42 Å². The molecule has 0 aromatic carbocycles. The Kier molecular flexibility index (Phi) is 6.45. The maximum absolute atomic E-state index is 11.8. The molecule has 1 rings (SSSR count). The maximum Gasteiger partial charge on any atom is 0.326 e. The molecular formula is C11H20N2O4S. The van der Waals surface area contributed by atoms with Gasteiger partial charge in [0.15, 0.2) is 0 Å². The lowest BCUT2D eigenvalue weighted by Crippen LogP contribution is -2.46. The third kappa shape index (κ3) is 4.47. The summed E-state index contributed by atoms with van der Waals surface area (Å²) in [5.41, 5.74) is 5.46. The first-order valence-corrected chi connectivity index (χ1v) is 7.35. The second-order valence-electron chi connectivity index (χ2n) is 4.24. The SMILES string of the molecule is CSCC[C@H](NC(=O)C1CCC(CN)O1)C(=O)O. The molecule has 1 saturated heterocycles. The zero-order chi connectivity index (χ0) is 13.5. The van der Waals surface area contributed by atoms with Gasteiger partial charge in [0.25, 0.3) is 0 Å². The summed E-state index contributed by atoms with van der Waals surface area (Å²) in [6, 6.07) is -0.842. The molecule has 3 atom stereocenters. The number of carbonyl (C=O) groups excluding carboxylic acids is 1. The first-order valence-electron chi connectivity index (χ1n) is 5.96. The smallest absolute Gasteiger partial charge is 0.326 e. The second-order valence-corrected chi connectivity index (χ2v) is 5.23. The van der Waals surface area contributed by atoms with Gasteiger partial charge in [-0.15, -0.1) is 0 Å². The monoisotopic (exact) mass is 276 g/mol. The largest absolute Gasteiger partial charge is 0.480 e. The molecule has 0 radical (unpaired) electrons. The Morgan fingerprint density at radius 1 is 1.56 bits per heavy atom. The van der Waals surface area contributed by atoms with E-state index in [1.165, 1.54) is 0 Å². The highest BCUT2D eigenvalue weighted by Crippen LogP contribution is 2.19. The van der Waals surface area contributed by atoms with Crippen LogP contribution in [-0.4, -0.2) is 53.8 Å². The number of rotatable bonds is 7. The lowest BCUT2D eigenvalue weighted by molar-refractivity contribution is -0.144. The number of carboxylic acid groups (broad SMARTS) is 1. The van der Waals surface area contributed by atoms with Gasteiger partial charge in [-0.25, -0.2) is 4.79 Å². The van der Waals surface area contributed by atoms with E-state index in [0.29, 0.717) is 25.1 Å². The molecule has 0 aromatic rings. The molecule has 7 heteroatoms. The third-order valence-electron chi connectivity index (χ3n) is 2.89. The fraction of sp³-hybridized carbons (Fsp3) is 0.818. The molecule has 0 aliphatic carbocycles. The quantitative estimate of drug-likeness (QED) is 0.596. The minimum atomic E-state index is -1.01. The van der Waals surface area contributed by atoms with Gasteiger partial charge in [-0.05, 0) is 31.3 Å². The van der Waals surface area contributed by atoms with Crippen molar-refractivity contribution in [2.75, 3.05) is 18.6 Å². The van der Waals surface area contributed by atoms with Crippen LogP contribution in [0.5, 0.6) is 0 Å². The number of nitrogens with two attached hydrogens (primary N) is 1. The molecule has 1 fully saturated rings. The van der Waals surface area contributed by atoms with Crippen molar-refractivity contribution in [2.45, 2.75) is 37.5 Å². The number of carbonyl (C=O) groups is 2. The van der Waals surface area contributed by atoms with Crippen molar-refractivity contribution in [2.24, 2.45) is 5.73 Å². The van der Waals surface area contributed by atoms with E-state index in [1.807, 2.05) is 6.26 Å². The van der Waals surface area contributed by atoms with Crippen LogP contribution in [-0.2, 0) is 14.3 Å². The molecule has 0 aromatic heterocycles. The minimum absolute atomic E-state index is 0.0878. The number of hydrogen-bond donors (Lipinski definition) is 3. The van der Waals surface area contributed by atoms with Crippen molar-refractivity contribution in [3.8, 4) is 0 Å². The van der Waals surface area contributed by atoms with Crippen LogP contribution in [0.4, 0.5) is 0 Å². The highest BCUT2D eigenvalue weighted by Gasteiger charge is 2.32. The fourth-order valence-corrected chi connectivity index (χ4v) is 2.30. The van der Waals surface area contributed by atoms with E-state index >= 15 is 0 Å². The standard InChI is InChI=1S/C11H20N2O4S/c1-18-5-4-8(11(15)16)13-10(14)9-3-2-7(6-12)17-9/h7-9H,2-6,12H2,1H3,(H,13,14)(H,15,16)/t7?,8-,9?/m0/s1. The molecule has 1 amide bonds. The van der Waals surface area contributed by atoms with Gasteiger partial charge >= 0.3 is 5.97 Å². The first-order chi connectivity index (χ1) is 8.58. The van der Waals surface area contributed by atoms with Gasteiger partial charge in [0.05, 0.1) is 6.10 Å². The normalized spacial score (nSPS) is 24.8. The van der Waals surface area contributed by atoms with Gasteiger partial charge in [0, 0.05) is 6.54 Å². The molecule has 18 heavy (non-hydrogen) atoms. The Balaban J connectivity index is 2.43. The summed E-state index contributed by atoms with van der Waals surface area (Å²) in [6.07, 6.45) is 3.01. The molecule has 0 saturated carbocycles.